The van der Waals surface area contributed by atoms with Gasteiger partial charge in [-0.05, 0) is 89.5 Å². The van der Waals surface area contributed by atoms with Gasteiger partial charge in [0.1, 0.15) is 19.3 Å². The second kappa shape index (κ2) is 64.0. The van der Waals surface area contributed by atoms with E-state index in [1.807, 2.05) is 33.3 Å². The summed E-state index contributed by atoms with van der Waals surface area (Å²) in [5, 5.41) is 3.07. The summed E-state index contributed by atoms with van der Waals surface area (Å²) in [6.07, 6.45) is 81.3. The van der Waals surface area contributed by atoms with Gasteiger partial charge in [0.25, 0.3) is 0 Å². The molecule has 10 heteroatoms. The molecule has 0 saturated heterocycles. The molecule has 3 unspecified atom stereocenters. The molecule has 0 fully saturated rings. The lowest BCUT2D eigenvalue weighted by atomic mass is 10.0. The fourth-order valence-electron chi connectivity index (χ4n) is 10.9. The third kappa shape index (κ3) is 64.4. The third-order valence-electron chi connectivity index (χ3n) is 16.5. The van der Waals surface area contributed by atoms with E-state index < -0.39 is 20.0 Å². The molecule has 0 aliphatic rings. The third-order valence-corrected chi connectivity index (χ3v) is 17.5. The second-order valence-corrected chi connectivity index (χ2v) is 27.6. The van der Waals surface area contributed by atoms with Gasteiger partial charge in [-0.25, -0.2) is 4.57 Å². The maximum absolute atomic E-state index is 13.6. The van der Waals surface area contributed by atoms with Crippen LogP contribution < -0.4 is 5.32 Å². The van der Waals surface area contributed by atoms with E-state index in [9.17, 15) is 19.0 Å². The first-order valence-corrected chi connectivity index (χ1v) is 38.0. The van der Waals surface area contributed by atoms with Crippen LogP contribution in [0.1, 0.15) is 361 Å². The first-order chi connectivity index (χ1) is 40.9. The number of esters is 1. The van der Waals surface area contributed by atoms with Crippen molar-refractivity contribution in [2.24, 2.45) is 0 Å². The number of carbonyl (C=O) groups excluding carboxylic acids is 2. The number of unbranched alkanes of at least 4 members (excludes halogenated alkanes) is 45. The van der Waals surface area contributed by atoms with Crippen molar-refractivity contribution in [3.8, 4) is 0 Å². The van der Waals surface area contributed by atoms with Crippen molar-refractivity contribution < 1.29 is 37.3 Å². The number of nitrogens with zero attached hydrogens (tertiary/aromatic N) is 1. The molecule has 0 saturated carbocycles. The Morgan fingerprint density at radius 1 is 0.417 bits per heavy atom. The summed E-state index contributed by atoms with van der Waals surface area (Å²) in [7, 11) is 1.51. The molecule has 0 spiro atoms. The predicted octanol–water partition coefficient (Wildman–Crippen LogP) is 23.2. The minimum Gasteiger partial charge on any atom is -0.456 e. The van der Waals surface area contributed by atoms with Gasteiger partial charge in [0.15, 0.2) is 0 Å². The van der Waals surface area contributed by atoms with Crippen LogP contribution in [0.5, 0.6) is 0 Å². The number of nitrogens with one attached hydrogen (secondary N) is 1. The average molecular weight is 1200 g/mol. The zero-order valence-corrected chi connectivity index (χ0v) is 57.6. The van der Waals surface area contributed by atoms with E-state index in [-0.39, 0.29) is 25.1 Å². The lowest BCUT2D eigenvalue weighted by molar-refractivity contribution is -0.870. The molecule has 0 aromatic heterocycles. The van der Waals surface area contributed by atoms with E-state index in [0.29, 0.717) is 23.9 Å². The standard InChI is InChI=1S/C74H141N2O7P/c1-7-10-13-16-19-22-25-28-30-32-34-35-36-37-38-39-40-41-43-45-47-49-52-55-58-61-64-67-74(78)83-72(65-62-59-56-53-50-27-24-21-18-15-12-9-3)71(70-82-84(79,80)81-69-68-76(4,5)6)75-73(77)66-63-60-57-54-51-48-46-44-42-33-31-29-26-23-20-17-14-11-8-2/h20,23,28-31,62,65,71-72H,7-19,21-22,24-27,32-61,63-64,66-70H2,1-6H3,(H-,75,77,79,80)/p+1/b23-20-,30-28+,31-29-,65-62-. The number of phosphoric acid groups is 1. The van der Waals surface area contributed by atoms with Gasteiger partial charge in [0, 0.05) is 12.8 Å². The molecular weight excluding hydrogens is 1060 g/mol. The van der Waals surface area contributed by atoms with Gasteiger partial charge < -0.3 is 19.4 Å². The minimum atomic E-state index is -4.45. The topological polar surface area (TPSA) is 111 Å². The van der Waals surface area contributed by atoms with E-state index in [1.54, 1.807) is 0 Å². The summed E-state index contributed by atoms with van der Waals surface area (Å²) in [4.78, 5) is 37.9. The highest BCUT2D eigenvalue weighted by Crippen LogP contribution is 2.43. The summed E-state index contributed by atoms with van der Waals surface area (Å²) in [6.45, 7) is 7.03. The maximum Gasteiger partial charge on any atom is 0.472 e. The normalized spacial score (nSPS) is 13.8. The number of quaternary nitrogens is 1. The van der Waals surface area contributed by atoms with Crippen LogP contribution in [0.15, 0.2) is 48.6 Å². The van der Waals surface area contributed by atoms with Crippen LogP contribution in [0.3, 0.4) is 0 Å². The largest absolute Gasteiger partial charge is 0.472 e. The number of hydrogen-bond acceptors (Lipinski definition) is 6. The Morgan fingerprint density at radius 2 is 0.726 bits per heavy atom. The highest BCUT2D eigenvalue weighted by atomic mass is 31.2. The molecule has 0 aromatic rings. The Bertz CT molecular complexity index is 1570. The predicted molar refractivity (Wildman–Crippen MR) is 365 cm³/mol. The average Bonchev–Trinajstić information content (AvgIpc) is 3.64. The number of carbonyl (C=O) groups is 2. The van der Waals surface area contributed by atoms with Gasteiger partial charge in [-0.1, -0.05) is 307 Å². The summed E-state index contributed by atoms with van der Waals surface area (Å²) >= 11 is 0. The highest BCUT2D eigenvalue weighted by molar-refractivity contribution is 7.47. The van der Waals surface area contributed by atoms with E-state index in [0.717, 1.165) is 64.2 Å². The monoisotopic (exact) mass is 1200 g/mol. The number of phosphoric ester groups is 1. The van der Waals surface area contributed by atoms with Gasteiger partial charge in [-0.2, -0.15) is 0 Å². The number of ether oxygens (including phenoxy) is 1. The van der Waals surface area contributed by atoms with E-state index in [2.05, 4.69) is 62.5 Å². The second-order valence-electron chi connectivity index (χ2n) is 26.1. The van der Waals surface area contributed by atoms with Crippen LogP contribution in [-0.4, -0.2) is 74.3 Å². The van der Waals surface area contributed by atoms with Crippen LogP contribution in [0.2, 0.25) is 0 Å². The summed E-state index contributed by atoms with van der Waals surface area (Å²) < 4.78 is 30.8. The van der Waals surface area contributed by atoms with E-state index >= 15 is 0 Å². The molecule has 84 heavy (non-hydrogen) atoms. The zero-order valence-electron chi connectivity index (χ0n) is 56.7. The number of likely N-dealkylation sites (N-methyl/N-ethyl adjacent to an activating group) is 1. The van der Waals surface area contributed by atoms with E-state index in [4.69, 9.17) is 13.8 Å². The number of allylic oxidation sites excluding steroid dienone is 7. The Balaban J connectivity index is 4.98. The molecule has 0 bridgehead atoms. The Morgan fingerprint density at radius 3 is 1.11 bits per heavy atom. The van der Waals surface area contributed by atoms with Crippen molar-refractivity contribution in [1.82, 2.24) is 5.32 Å². The molecule has 0 aliphatic carbocycles. The van der Waals surface area contributed by atoms with Crippen molar-refractivity contribution >= 4 is 19.7 Å². The van der Waals surface area contributed by atoms with Crippen molar-refractivity contribution in [1.29, 1.82) is 0 Å². The molecule has 0 radical (unpaired) electrons. The molecule has 494 valence electrons. The number of rotatable bonds is 67. The number of hydrogen-bond donors (Lipinski definition) is 2. The van der Waals surface area contributed by atoms with Crippen LogP contribution in [0.25, 0.3) is 0 Å². The van der Waals surface area contributed by atoms with Gasteiger partial charge >= 0.3 is 13.8 Å². The van der Waals surface area contributed by atoms with Crippen molar-refractivity contribution in [2.45, 2.75) is 373 Å². The quantitative estimate of drug-likeness (QED) is 0.0205. The summed E-state index contributed by atoms with van der Waals surface area (Å²) in [6, 6.07) is -0.850. The van der Waals surface area contributed by atoms with Gasteiger partial charge in [-0.3, -0.25) is 18.6 Å². The summed E-state index contributed by atoms with van der Waals surface area (Å²) in [5.41, 5.74) is 0. The van der Waals surface area contributed by atoms with Crippen LogP contribution >= 0.6 is 7.82 Å². The van der Waals surface area contributed by atoms with E-state index in [1.165, 1.54) is 263 Å². The van der Waals surface area contributed by atoms with Crippen LogP contribution in [-0.2, 0) is 27.9 Å². The molecule has 0 heterocycles. The van der Waals surface area contributed by atoms with Gasteiger partial charge in [0.05, 0.1) is 33.8 Å². The first kappa shape index (κ1) is 82.0. The lowest BCUT2D eigenvalue weighted by Gasteiger charge is -2.27. The Labute approximate surface area is 522 Å². The fourth-order valence-corrected chi connectivity index (χ4v) is 11.6. The molecule has 9 nitrogen and oxygen atoms in total. The smallest absolute Gasteiger partial charge is 0.456 e. The van der Waals surface area contributed by atoms with Crippen LogP contribution in [0, 0.1) is 0 Å². The summed E-state index contributed by atoms with van der Waals surface area (Å²) in [5.74, 6) is -0.493. The van der Waals surface area contributed by atoms with Gasteiger partial charge in [0.2, 0.25) is 5.91 Å². The Kier molecular flexibility index (Phi) is 62.4. The molecule has 0 rings (SSSR count). The molecule has 2 N–H and O–H groups in total. The Hall–Kier alpha value is -2.03. The first-order valence-electron chi connectivity index (χ1n) is 36.5. The SMILES string of the molecule is CCCCC/C=C\C/C=C\CCCCCCCCCCCC(=O)NC(COP(=O)(O)OCC[N+](C)(C)C)C(/C=C\CCCCCCCCCCCC)OC(=O)CCCCCCCCCCCCCCCCCCC/C=C/CCCCCCCC. The molecule has 0 aromatic carbocycles. The molecule has 1 amide bonds. The molecule has 3 atom stereocenters. The maximum atomic E-state index is 13.6. The van der Waals surface area contributed by atoms with Crippen molar-refractivity contribution in [3.63, 3.8) is 0 Å². The van der Waals surface area contributed by atoms with Crippen molar-refractivity contribution in [3.05, 3.63) is 48.6 Å². The van der Waals surface area contributed by atoms with Crippen molar-refractivity contribution in [2.75, 3.05) is 40.9 Å². The molecular formula is C74H142N2O7P+. The van der Waals surface area contributed by atoms with Crippen LogP contribution in [0.4, 0.5) is 0 Å². The minimum absolute atomic E-state index is 0.0408. The number of amides is 1. The zero-order chi connectivity index (χ0) is 61.4. The highest BCUT2D eigenvalue weighted by Gasteiger charge is 2.30. The fraction of sp³-hybridized carbons (Fsp3) is 0.865. The molecule has 0 aliphatic heterocycles. The lowest BCUT2D eigenvalue weighted by Crippen LogP contribution is -2.47. The van der Waals surface area contributed by atoms with Gasteiger partial charge in [-0.15, -0.1) is 0 Å².